The third-order valence-electron chi connectivity index (χ3n) is 5.46. The van der Waals surface area contributed by atoms with E-state index in [0.717, 1.165) is 24.3 Å². The van der Waals surface area contributed by atoms with Gasteiger partial charge in [-0.25, -0.2) is 9.78 Å². The highest BCUT2D eigenvalue weighted by atomic mass is 19.4. The number of pyridine rings is 1. The summed E-state index contributed by atoms with van der Waals surface area (Å²) >= 11 is 0. The number of aliphatic carboxylic acids is 1. The molecule has 0 bridgehead atoms. The summed E-state index contributed by atoms with van der Waals surface area (Å²) in [7, 11) is 0. The van der Waals surface area contributed by atoms with E-state index in [1.165, 1.54) is 18.2 Å². The Labute approximate surface area is 243 Å². The van der Waals surface area contributed by atoms with E-state index in [1.54, 1.807) is 24.4 Å². The smallest absolute Gasteiger partial charge is 0.475 e. The molecule has 0 saturated carbocycles. The monoisotopic (exact) mass is 612 g/mol. The van der Waals surface area contributed by atoms with E-state index < -0.39 is 24.3 Å². The number of carboxylic acids is 1. The average Bonchev–Trinajstić information content (AvgIpc) is 3.25. The second-order valence-electron chi connectivity index (χ2n) is 9.23. The largest absolute Gasteiger partial charge is 0.586 e. The van der Waals surface area contributed by atoms with Crippen LogP contribution in [0.4, 0.5) is 39.1 Å². The molecule has 4 rings (SSSR count). The van der Waals surface area contributed by atoms with Crippen LogP contribution in [0.3, 0.4) is 0 Å². The Bertz CT molecular complexity index is 1400. The maximum Gasteiger partial charge on any atom is 0.586 e. The van der Waals surface area contributed by atoms with Crippen LogP contribution in [0.1, 0.15) is 36.2 Å². The van der Waals surface area contributed by atoms with Crippen LogP contribution in [0, 0.1) is 0 Å². The van der Waals surface area contributed by atoms with E-state index in [2.05, 4.69) is 30.4 Å². The molecule has 0 aliphatic carbocycles. The predicted octanol–water partition coefficient (Wildman–Crippen LogP) is 6.13. The summed E-state index contributed by atoms with van der Waals surface area (Å²) in [6.45, 7) is 5.92. The maximum atomic E-state index is 13.3. The summed E-state index contributed by atoms with van der Waals surface area (Å²) in [6.07, 6.45) is -5.98. The minimum atomic E-state index is -5.08. The van der Waals surface area contributed by atoms with E-state index in [4.69, 9.17) is 14.6 Å². The summed E-state index contributed by atoms with van der Waals surface area (Å²) in [5.74, 6) is -2.62. The second kappa shape index (κ2) is 14.5. The quantitative estimate of drug-likeness (QED) is 0.149. The van der Waals surface area contributed by atoms with Crippen molar-refractivity contribution in [2.24, 2.45) is 0 Å². The van der Waals surface area contributed by atoms with E-state index >= 15 is 0 Å². The van der Waals surface area contributed by atoms with Crippen molar-refractivity contribution in [3.05, 3.63) is 71.9 Å². The summed E-state index contributed by atoms with van der Waals surface area (Å²) in [4.78, 5) is 26.2. The molecule has 232 valence electrons. The number of hydrogen-bond acceptors (Lipinski definition) is 8. The van der Waals surface area contributed by atoms with Crippen molar-refractivity contribution in [1.82, 2.24) is 4.98 Å². The Morgan fingerprint density at radius 3 is 2.42 bits per heavy atom. The van der Waals surface area contributed by atoms with E-state index in [1.807, 2.05) is 32.0 Å². The van der Waals surface area contributed by atoms with Crippen LogP contribution in [-0.4, -0.2) is 53.7 Å². The Kier molecular flexibility index (Phi) is 11.1. The van der Waals surface area contributed by atoms with Gasteiger partial charge in [0, 0.05) is 43.3 Å². The first-order valence-electron chi connectivity index (χ1n) is 12.9. The van der Waals surface area contributed by atoms with Crippen LogP contribution in [0.25, 0.3) is 0 Å². The number of carbonyl (C=O) groups is 2. The van der Waals surface area contributed by atoms with Gasteiger partial charge in [-0.05, 0) is 62.2 Å². The number of rotatable bonds is 11. The number of aromatic nitrogens is 1. The number of nitrogens with one attached hydrogen (secondary N) is 3. The van der Waals surface area contributed by atoms with Gasteiger partial charge < -0.3 is 35.3 Å². The van der Waals surface area contributed by atoms with Crippen LogP contribution >= 0.6 is 0 Å². The van der Waals surface area contributed by atoms with Crippen molar-refractivity contribution < 1.29 is 50.9 Å². The van der Waals surface area contributed by atoms with Gasteiger partial charge in [0.2, 0.25) is 0 Å². The van der Waals surface area contributed by atoms with Crippen LogP contribution in [0.5, 0.6) is 11.5 Å². The maximum absolute atomic E-state index is 13.3. The van der Waals surface area contributed by atoms with Gasteiger partial charge in [-0.15, -0.1) is 8.78 Å². The highest BCUT2D eigenvalue weighted by Crippen LogP contribution is 2.42. The Balaban J connectivity index is 0.000000646. The van der Waals surface area contributed by atoms with Crippen molar-refractivity contribution in [3.63, 3.8) is 0 Å². The number of ether oxygens (including phenoxy) is 3. The van der Waals surface area contributed by atoms with E-state index in [0.29, 0.717) is 30.1 Å². The van der Waals surface area contributed by atoms with Crippen LogP contribution in [0.2, 0.25) is 0 Å². The van der Waals surface area contributed by atoms with Gasteiger partial charge in [0.25, 0.3) is 5.91 Å². The molecule has 0 atom stereocenters. The average molecular weight is 613 g/mol. The molecule has 2 aromatic carbocycles. The van der Waals surface area contributed by atoms with Gasteiger partial charge in [-0.1, -0.05) is 12.1 Å². The number of alkyl halides is 5. The lowest BCUT2D eigenvalue weighted by Crippen LogP contribution is -2.25. The number of anilines is 3. The molecule has 1 amide bonds. The molecular weight excluding hydrogens is 583 g/mol. The highest BCUT2D eigenvalue weighted by Gasteiger charge is 2.43. The number of hydrogen-bond donors (Lipinski definition) is 4. The zero-order valence-corrected chi connectivity index (χ0v) is 23.0. The predicted molar refractivity (Wildman–Crippen MR) is 146 cm³/mol. The molecule has 0 unspecified atom stereocenters. The molecule has 1 aliphatic rings. The standard InChI is InChI=1S/C26H28F2N4O4.C2HF3O2/c1-17(2)34-13-5-11-29-24-14-18(10-12-30-24)16-31-21-7-4-3-6-20(21)25(33)32-19-8-9-22-23(15-19)36-26(27,28)35-22;3-2(4,5)1(6)7/h3-4,6-10,12,14-15,17,31H,5,11,13,16H2,1-2H3,(H,29,30)(H,32,33);(H,6,7). The minimum Gasteiger partial charge on any atom is -0.475 e. The summed E-state index contributed by atoms with van der Waals surface area (Å²) in [6, 6.07) is 15.0. The third kappa shape index (κ3) is 10.6. The van der Waals surface area contributed by atoms with Crippen LogP contribution in [0.15, 0.2) is 60.8 Å². The molecule has 0 spiro atoms. The van der Waals surface area contributed by atoms with Gasteiger partial charge in [0.15, 0.2) is 11.5 Å². The number of amides is 1. The van der Waals surface area contributed by atoms with Gasteiger partial charge in [-0.3, -0.25) is 4.79 Å². The Morgan fingerprint density at radius 1 is 1.02 bits per heavy atom. The zero-order chi connectivity index (χ0) is 31.6. The first kappa shape index (κ1) is 32.8. The second-order valence-corrected chi connectivity index (χ2v) is 9.23. The van der Waals surface area contributed by atoms with Crippen LogP contribution in [-0.2, 0) is 16.1 Å². The fourth-order valence-corrected chi connectivity index (χ4v) is 3.55. The SMILES string of the molecule is CC(C)OCCCNc1cc(CNc2ccccc2C(=O)Nc2ccc3c(c2)OC(F)(F)O3)ccn1.O=C(O)C(F)(F)F. The van der Waals surface area contributed by atoms with E-state index in [9.17, 15) is 26.7 Å². The lowest BCUT2D eigenvalue weighted by molar-refractivity contribution is -0.286. The molecule has 10 nitrogen and oxygen atoms in total. The first-order chi connectivity index (χ1) is 20.2. The Hall–Kier alpha value is -4.66. The van der Waals surface area contributed by atoms with Crippen molar-refractivity contribution in [2.75, 3.05) is 29.1 Å². The van der Waals surface area contributed by atoms with Crippen LogP contribution < -0.4 is 25.4 Å². The number of para-hydroxylation sites is 1. The topological polar surface area (TPSA) is 131 Å². The molecular formula is C28H29F5N4O6. The molecule has 4 N–H and O–H groups in total. The first-order valence-corrected chi connectivity index (χ1v) is 12.9. The molecule has 3 aromatic rings. The third-order valence-corrected chi connectivity index (χ3v) is 5.46. The summed E-state index contributed by atoms with van der Waals surface area (Å²) < 4.78 is 72.6. The molecule has 0 fully saturated rings. The molecule has 1 aromatic heterocycles. The zero-order valence-electron chi connectivity index (χ0n) is 23.0. The van der Waals surface area contributed by atoms with E-state index in [-0.39, 0.29) is 17.6 Å². The number of fused-ring (bicyclic) bond motifs is 1. The van der Waals surface area contributed by atoms with Crippen molar-refractivity contribution in [2.45, 2.75) is 45.4 Å². The van der Waals surface area contributed by atoms with Gasteiger partial charge >= 0.3 is 18.4 Å². The molecule has 2 heterocycles. The van der Waals surface area contributed by atoms with Crippen molar-refractivity contribution >= 4 is 29.1 Å². The molecule has 15 heteroatoms. The van der Waals surface area contributed by atoms with Crippen molar-refractivity contribution in [1.29, 1.82) is 0 Å². The van der Waals surface area contributed by atoms with Gasteiger partial charge in [-0.2, -0.15) is 13.2 Å². The summed E-state index contributed by atoms with van der Waals surface area (Å²) in [5.41, 5.74) is 2.31. The van der Waals surface area contributed by atoms with Gasteiger partial charge in [0.1, 0.15) is 5.82 Å². The van der Waals surface area contributed by atoms with Gasteiger partial charge in [0.05, 0.1) is 11.7 Å². The number of halogens is 5. The molecule has 0 saturated heterocycles. The lowest BCUT2D eigenvalue weighted by Gasteiger charge is -2.13. The number of nitrogens with zero attached hydrogens (tertiary/aromatic N) is 1. The minimum absolute atomic E-state index is 0.0878. The molecule has 43 heavy (non-hydrogen) atoms. The number of benzene rings is 2. The fourth-order valence-electron chi connectivity index (χ4n) is 3.55. The normalized spacial score (nSPS) is 13.1. The van der Waals surface area contributed by atoms with Crippen molar-refractivity contribution in [3.8, 4) is 11.5 Å². The lowest BCUT2D eigenvalue weighted by atomic mass is 10.1. The number of carbonyl (C=O) groups excluding carboxylic acids is 1. The fraction of sp³-hybridized carbons (Fsp3) is 0.321. The summed E-state index contributed by atoms with van der Waals surface area (Å²) in [5, 5.41) is 16.4. The Morgan fingerprint density at radius 2 is 1.72 bits per heavy atom. The number of carboxylic acid groups (broad SMARTS) is 1. The molecule has 0 radical (unpaired) electrons. The molecule has 1 aliphatic heterocycles. The highest BCUT2D eigenvalue weighted by molar-refractivity contribution is 6.08.